The van der Waals surface area contributed by atoms with Gasteiger partial charge in [0.15, 0.2) is 5.65 Å². The van der Waals surface area contributed by atoms with E-state index in [4.69, 9.17) is 4.74 Å². The summed E-state index contributed by atoms with van der Waals surface area (Å²) in [5, 5.41) is 6.92. The Morgan fingerprint density at radius 1 is 0.972 bits per heavy atom. The predicted molar refractivity (Wildman–Crippen MR) is 122 cm³/mol. The monoisotopic (exact) mass is 504 g/mol. The lowest BCUT2D eigenvalue weighted by atomic mass is 10.2. The minimum Gasteiger partial charge on any atom is -0.489 e. The summed E-state index contributed by atoms with van der Waals surface area (Å²) >= 11 is 0. The maximum Gasteiger partial charge on any atom is 0.416 e. The van der Waals surface area contributed by atoms with Gasteiger partial charge in [0.05, 0.1) is 23.1 Å². The fourth-order valence-electron chi connectivity index (χ4n) is 3.13. The number of aromatic nitrogens is 3. The molecule has 0 aliphatic carbocycles. The van der Waals surface area contributed by atoms with Gasteiger partial charge in [-0.1, -0.05) is 0 Å². The molecule has 4 rings (SSSR count). The molecule has 0 saturated carbocycles. The molecule has 3 N–H and O–H groups in total. The summed E-state index contributed by atoms with van der Waals surface area (Å²) < 4.78 is 72.5. The van der Waals surface area contributed by atoms with Crippen molar-refractivity contribution in [1.29, 1.82) is 0 Å². The number of amides is 2. The maximum atomic E-state index is 14.5. The van der Waals surface area contributed by atoms with Crippen LogP contribution in [0.4, 0.5) is 43.9 Å². The van der Waals surface area contributed by atoms with Gasteiger partial charge in [0.2, 0.25) is 0 Å². The SMILES string of the molecule is CNc1cnc2c(COc3ccc(NC(=O)Nc4cc(C(F)(F)F)ccc4F)c(F)c3)ccnc2n1. The number of rotatable bonds is 6. The molecular weight excluding hydrogens is 487 g/mol. The molecule has 13 heteroatoms. The average Bonchev–Trinajstić information content (AvgIpc) is 2.84. The van der Waals surface area contributed by atoms with Crippen LogP contribution in [0, 0.1) is 11.6 Å². The Bertz CT molecular complexity index is 1430. The van der Waals surface area contributed by atoms with Crippen molar-refractivity contribution in [2.24, 2.45) is 0 Å². The van der Waals surface area contributed by atoms with E-state index in [0.717, 1.165) is 6.07 Å². The number of hydrogen-bond acceptors (Lipinski definition) is 6. The first-order valence-electron chi connectivity index (χ1n) is 10.3. The van der Waals surface area contributed by atoms with Crippen LogP contribution < -0.4 is 20.7 Å². The van der Waals surface area contributed by atoms with E-state index >= 15 is 0 Å². The van der Waals surface area contributed by atoms with E-state index in [1.54, 1.807) is 13.1 Å². The van der Waals surface area contributed by atoms with Crippen LogP contribution in [0.5, 0.6) is 5.75 Å². The van der Waals surface area contributed by atoms with Crippen LogP contribution in [0.15, 0.2) is 54.9 Å². The summed E-state index contributed by atoms with van der Waals surface area (Å²) in [6.45, 7) is 0.0219. The van der Waals surface area contributed by atoms with Crippen molar-refractivity contribution in [3.8, 4) is 5.75 Å². The van der Waals surface area contributed by atoms with Crippen LogP contribution in [0.3, 0.4) is 0 Å². The number of ether oxygens (including phenoxy) is 1. The standard InChI is InChI=1S/C23H17F5N6O2/c1-29-19-10-31-20-12(6-7-30-21(20)34-19)11-36-14-3-5-17(16(25)9-14)32-22(35)33-18-8-13(23(26,27)28)2-4-15(18)24/h2-10H,11H2,1H3,(H,29,30,34)(H2,32,33,35). The van der Waals surface area contributed by atoms with Gasteiger partial charge in [0, 0.05) is 24.9 Å². The molecule has 0 saturated heterocycles. The summed E-state index contributed by atoms with van der Waals surface area (Å²) in [6.07, 6.45) is -1.66. The molecule has 0 bridgehead atoms. The van der Waals surface area contributed by atoms with E-state index in [9.17, 15) is 26.7 Å². The summed E-state index contributed by atoms with van der Waals surface area (Å²) in [6, 6.07) is 5.67. The quantitative estimate of drug-likeness (QED) is 0.296. The number of benzene rings is 2. The van der Waals surface area contributed by atoms with Crippen LogP contribution in [-0.4, -0.2) is 28.0 Å². The fourth-order valence-corrected chi connectivity index (χ4v) is 3.13. The maximum absolute atomic E-state index is 14.5. The molecule has 0 atom stereocenters. The molecule has 0 radical (unpaired) electrons. The number of pyridine rings is 1. The van der Waals surface area contributed by atoms with Gasteiger partial charge in [-0.3, -0.25) is 0 Å². The van der Waals surface area contributed by atoms with Crippen molar-refractivity contribution in [1.82, 2.24) is 15.0 Å². The lowest BCUT2D eigenvalue weighted by Gasteiger charge is -2.13. The van der Waals surface area contributed by atoms with Gasteiger partial charge in [-0.2, -0.15) is 13.2 Å². The molecule has 2 aromatic heterocycles. The minimum atomic E-state index is -4.73. The van der Waals surface area contributed by atoms with Crippen molar-refractivity contribution in [2.45, 2.75) is 12.8 Å². The Hall–Kier alpha value is -4.55. The van der Waals surface area contributed by atoms with Crippen LogP contribution in [0.25, 0.3) is 11.2 Å². The fraction of sp³-hybridized carbons (Fsp3) is 0.130. The van der Waals surface area contributed by atoms with Crippen LogP contribution >= 0.6 is 0 Å². The second-order valence-corrected chi connectivity index (χ2v) is 7.35. The number of anilines is 3. The number of nitrogens with zero attached hydrogens (tertiary/aromatic N) is 3. The van der Waals surface area contributed by atoms with Crippen LogP contribution in [0.2, 0.25) is 0 Å². The number of hydrogen-bond donors (Lipinski definition) is 3. The van der Waals surface area contributed by atoms with E-state index in [1.165, 1.54) is 24.5 Å². The Morgan fingerprint density at radius 2 is 1.75 bits per heavy atom. The highest BCUT2D eigenvalue weighted by molar-refractivity contribution is 6.00. The second-order valence-electron chi connectivity index (χ2n) is 7.35. The average molecular weight is 504 g/mol. The van der Waals surface area contributed by atoms with Crippen molar-refractivity contribution < 1.29 is 31.5 Å². The molecular formula is C23H17F5N6O2. The molecule has 4 aromatic rings. The summed E-state index contributed by atoms with van der Waals surface area (Å²) in [5.74, 6) is -1.30. The zero-order chi connectivity index (χ0) is 25.9. The Kier molecular flexibility index (Phi) is 6.81. The summed E-state index contributed by atoms with van der Waals surface area (Å²) in [4.78, 5) is 24.9. The molecule has 0 aliphatic rings. The number of nitrogens with one attached hydrogen (secondary N) is 3. The molecule has 0 aliphatic heterocycles. The summed E-state index contributed by atoms with van der Waals surface area (Å²) in [7, 11) is 1.70. The number of carbonyl (C=O) groups is 1. The smallest absolute Gasteiger partial charge is 0.416 e. The van der Waals surface area contributed by atoms with Gasteiger partial charge in [0.1, 0.15) is 35.3 Å². The first-order valence-corrected chi connectivity index (χ1v) is 10.3. The van der Waals surface area contributed by atoms with Crippen molar-refractivity contribution >= 4 is 34.4 Å². The first-order chi connectivity index (χ1) is 17.1. The van der Waals surface area contributed by atoms with E-state index in [0.29, 0.717) is 40.7 Å². The van der Waals surface area contributed by atoms with E-state index in [2.05, 4.69) is 25.6 Å². The Labute approximate surface area is 200 Å². The van der Waals surface area contributed by atoms with E-state index < -0.39 is 35.1 Å². The lowest BCUT2D eigenvalue weighted by Crippen LogP contribution is -2.21. The normalized spacial score (nSPS) is 11.3. The lowest BCUT2D eigenvalue weighted by molar-refractivity contribution is -0.137. The molecule has 0 spiro atoms. The van der Waals surface area contributed by atoms with Gasteiger partial charge in [0.25, 0.3) is 0 Å². The van der Waals surface area contributed by atoms with E-state index in [1.807, 2.05) is 5.32 Å². The number of carbonyl (C=O) groups excluding carboxylic acids is 1. The number of alkyl halides is 3. The van der Waals surface area contributed by atoms with Gasteiger partial charge in [-0.25, -0.2) is 28.5 Å². The molecule has 0 fully saturated rings. The Morgan fingerprint density at radius 3 is 2.47 bits per heavy atom. The van der Waals surface area contributed by atoms with Crippen molar-refractivity contribution in [3.05, 3.63) is 77.6 Å². The number of fused-ring (bicyclic) bond motifs is 1. The zero-order valence-corrected chi connectivity index (χ0v) is 18.5. The Balaban J connectivity index is 1.42. The van der Waals surface area contributed by atoms with Gasteiger partial charge in [-0.15, -0.1) is 0 Å². The molecule has 2 aromatic carbocycles. The minimum absolute atomic E-state index is 0.0219. The van der Waals surface area contributed by atoms with Gasteiger partial charge >= 0.3 is 12.2 Å². The largest absolute Gasteiger partial charge is 0.489 e. The van der Waals surface area contributed by atoms with Crippen molar-refractivity contribution in [3.63, 3.8) is 0 Å². The van der Waals surface area contributed by atoms with Crippen LogP contribution in [-0.2, 0) is 12.8 Å². The molecule has 8 nitrogen and oxygen atoms in total. The van der Waals surface area contributed by atoms with Gasteiger partial charge < -0.3 is 20.7 Å². The highest BCUT2D eigenvalue weighted by atomic mass is 19.4. The number of urea groups is 1. The van der Waals surface area contributed by atoms with Crippen LogP contribution in [0.1, 0.15) is 11.1 Å². The van der Waals surface area contributed by atoms with E-state index in [-0.39, 0.29) is 18.0 Å². The first kappa shape index (κ1) is 24.6. The third kappa shape index (κ3) is 5.56. The summed E-state index contributed by atoms with van der Waals surface area (Å²) in [5.41, 5.74) is -0.600. The topological polar surface area (TPSA) is 101 Å². The number of halogens is 5. The predicted octanol–water partition coefficient (Wildman–Crippen LogP) is 5.59. The highest BCUT2D eigenvalue weighted by Crippen LogP contribution is 2.32. The molecule has 2 heterocycles. The van der Waals surface area contributed by atoms with Crippen molar-refractivity contribution in [2.75, 3.05) is 23.0 Å². The molecule has 0 unspecified atom stereocenters. The zero-order valence-electron chi connectivity index (χ0n) is 18.5. The van der Waals surface area contributed by atoms with Gasteiger partial charge in [-0.05, 0) is 36.4 Å². The molecule has 186 valence electrons. The molecule has 2 amide bonds. The highest BCUT2D eigenvalue weighted by Gasteiger charge is 2.31. The molecule has 36 heavy (non-hydrogen) atoms. The third-order valence-corrected chi connectivity index (χ3v) is 4.91. The second kappa shape index (κ2) is 9.98. The third-order valence-electron chi connectivity index (χ3n) is 4.91.